The normalized spacial score (nSPS) is 21.4. The Morgan fingerprint density at radius 3 is 2.84 bits per heavy atom. The van der Waals surface area contributed by atoms with E-state index in [0.29, 0.717) is 13.0 Å². The molecule has 4 heteroatoms. The van der Waals surface area contributed by atoms with Gasteiger partial charge in [0, 0.05) is 12.6 Å². The molecule has 2 unspecified atom stereocenters. The van der Waals surface area contributed by atoms with Crippen LogP contribution in [0.15, 0.2) is 0 Å². The molecule has 1 rings (SSSR count). The smallest absolute Gasteiger partial charge is 0.307 e. The molecule has 2 atom stereocenters. The van der Waals surface area contributed by atoms with Crippen LogP contribution in [0.3, 0.4) is 0 Å². The van der Waals surface area contributed by atoms with Gasteiger partial charge in [0.05, 0.1) is 13.0 Å². The lowest BCUT2D eigenvalue weighted by molar-refractivity contribution is -0.144. The van der Waals surface area contributed by atoms with E-state index in [4.69, 9.17) is 4.74 Å². The minimum Gasteiger partial charge on any atom is -0.466 e. The molecule has 19 heavy (non-hydrogen) atoms. The molecule has 0 radical (unpaired) electrons. The van der Waals surface area contributed by atoms with Crippen molar-refractivity contribution in [1.82, 2.24) is 10.2 Å². The number of nitrogens with zero attached hydrogens (tertiary/aromatic N) is 1. The highest BCUT2D eigenvalue weighted by atomic mass is 16.5. The van der Waals surface area contributed by atoms with Gasteiger partial charge in [-0.15, -0.1) is 0 Å². The topological polar surface area (TPSA) is 41.6 Å². The average Bonchev–Trinajstić information content (AvgIpc) is 2.39. The summed E-state index contributed by atoms with van der Waals surface area (Å²) in [5, 5.41) is 3.46. The molecule has 0 aliphatic carbocycles. The second-order valence-electron chi connectivity index (χ2n) is 5.57. The molecule has 1 saturated heterocycles. The van der Waals surface area contributed by atoms with Crippen molar-refractivity contribution >= 4 is 5.97 Å². The fourth-order valence-electron chi connectivity index (χ4n) is 2.78. The van der Waals surface area contributed by atoms with Gasteiger partial charge in [-0.2, -0.15) is 0 Å². The van der Waals surface area contributed by atoms with Crippen molar-refractivity contribution in [2.24, 2.45) is 5.92 Å². The van der Waals surface area contributed by atoms with Crippen molar-refractivity contribution in [3.63, 3.8) is 0 Å². The highest BCUT2D eigenvalue weighted by Crippen LogP contribution is 2.15. The van der Waals surface area contributed by atoms with Crippen molar-refractivity contribution in [1.29, 1.82) is 0 Å². The van der Waals surface area contributed by atoms with E-state index in [9.17, 15) is 4.79 Å². The first-order valence-corrected chi connectivity index (χ1v) is 7.77. The lowest BCUT2D eigenvalue weighted by Gasteiger charge is -2.33. The first-order valence-electron chi connectivity index (χ1n) is 7.77. The Kier molecular flexibility index (Phi) is 8.07. The Bertz CT molecular complexity index is 253. The number of rotatable bonds is 8. The van der Waals surface area contributed by atoms with Gasteiger partial charge in [-0.3, -0.25) is 9.69 Å². The number of ether oxygens (including phenoxy) is 1. The molecular formula is C15H30N2O2. The molecule has 1 heterocycles. The van der Waals surface area contributed by atoms with Crippen molar-refractivity contribution < 1.29 is 9.53 Å². The van der Waals surface area contributed by atoms with Crippen LogP contribution in [0.1, 0.15) is 46.5 Å². The second-order valence-corrected chi connectivity index (χ2v) is 5.57. The van der Waals surface area contributed by atoms with E-state index in [2.05, 4.69) is 24.1 Å². The Morgan fingerprint density at radius 1 is 1.47 bits per heavy atom. The van der Waals surface area contributed by atoms with Crippen LogP contribution in [0.4, 0.5) is 0 Å². The van der Waals surface area contributed by atoms with Crippen LogP contribution in [0.5, 0.6) is 0 Å². The lowest BCUT2D eigenvalue weighted by Crippen LogP contribution is -2.43. The van der Waals surface area contributed by atoms with Crippen molar-refractivity contribution in [3.05, 3.63) is 0 Å². The fraction of sp³-hybridized carbons (Fsp3) is 0.933. The summed E-state index contributed by atoms with van der Waals surface area (Å²) in [5.74, 6) is 0.655. The van der Waals surface area contributed by atoms with Crippen molar-refractivity contribution in [3.8, 4) is 0 Å². The molecule has 0 spiro atoms. The van der Waals surface area contributed by atoms with Gasteiger partial charge in [0.2, 0.25) is 0 Å². The molecule has 0 aromatic rings. The lowest BCUT2D eigenvalue weighted by atomic mass is 9.98. The maximum Gasteiger partial charge on any atom is 0.307 e. The molecule has 0 saturated carbocycles. The Labute approximate surface area is 117 Å². The summed E-state index contributed by atoms with van der Waals surface area (Å²) in [5.41, 5.74) is 0. The molecule has 1 aliphatic heterocycles. The third-order valence-corrected chi connectivity index (χ3v) is 3.79. The van der Waals surface area contributed by atoms with Gasteiger partial charge in [-0.1, -0.05) is 6.92 Å². The predicted molar refractivity (Wildman–Crippen MR) is 78.2 cm³/mol. The van der Waals surface area contributed by atoms with Crippen LogP contribution < -0.4 is 5.32 Å². The molecule has 0 aromatic carbocycles. The van der Waals surface area contributed by atoms with E-state index < -0.39 is 0 Å². The quantitative estimate of drug-likeness (QED) is 0.685. The molecule has 1 N–H and O–H groups in total. The predicted octanol–water partition coefficient (Wildman–Crippen LogP) is 2.04. The van der Waals surface area contributed by atoms with Gasteiger partial charge in [0.15, 0.2) is 0 Å². The molecule has 1 aliphatic rings. The average molecular weight is 270 g/mol. The van der Waals surface area contributed by atoms with Crippen LogP contribution >= 0.6 is 0 Å². The van der Waals surface area contributed by atoms with Gasteiger partial charge >= 0.3 is 5.97 Å². The first-order chi connectivity index (χ1) is 9.17. The summed E-state index contributed by atoms with van der Waals surface area (Å²) in [6.45, 7) is 11.1. The Balaban J connectivity index is 2.42. The zero-order valence-corrected chi connectivity index (χ0v) is 12.8. The van der Waals surface area contributed by atoms with Crippen molar-refractivity contribution in [2.45, 2.75) is 52.5 Å². The van der Waals surface area contributed by atoms with E-state index in [1.165, 1.54) is 12.8 Å². The minimum atomic E-state index is -0.0714. The number of carbonyl (C=O) groups is 1. The molecule has 0 aromatic heterocycles. The van der Waals surface area contributed by atoms with E-state index in [-0.39, 0.29) is 12.0 Å². The number of piperidine rings is 1. The van der Waals surface area contributed by atoms with E-state index in [1.54, 1.807) is 0 Å². The highest BCUT2D eigenvalue weighted by Gasteiger charge is 2.22. The van der Waals surface area contributed by atoms with Crippen LogP contribution in [-0.2, 0) is 9.53 Å². The van der Waals surface area contributed by atoms with Crippen LogP contribution in [0.25, 0.3) is 0 Å². The van der Waals surface area contributed by atoms with Gasteiger partial charge in [-0.05, 0) is 58.7 Å². The number of hydrogen-bond donors (Lipinski definition) is 1. The SMILES string of the molecule is CCCN(CC1CCCNC1)C(C)CC(=O)OCC. The maximum absolute atomic E-state index is 11.6. The minimum absolute atomic E-state index is 0.0714. The van der Waals surface area contributed by atoms with Gasteiger partial charge in [0.25, 0.3) is 0 Å². The standard InChI is InChI=1S/C15H30N2O2/c1-4-9-17(12-14-7-6-8-16-11-14)13(3)10-15(18)19-5-2/h13-14,16H,4-12H2,1-3H3. The summed E-state index contributed by atoms with van der Waals surface area (Å²) in [4.78, 5) is 14.0. The highest BCUT2D eigenvalue weighted by molar-refractivity contribution is 5.70. The number of hydrogen-bond acceptors (Lipinski definition) is 4. The fourth-order valence-corrected chi connectivity index (χ4v) is 2.78. The van der Waals surface area contributed by atoms with Gasteiger partial charge < -0.3 is 10.1 Å². The Hall–Kier alpha value is -0.610. The summed E-state index contributed by atoms with van der Waals surface area (Å²) >= 11 is 0. The van der Waals surface area contributed by atoms with Crippen LogP contribution in [0.2, 0.25) is 0 Å². The molecule has 0 bridgehead atoms. The summed E-state index contributed by atoms with van der Waals surface area (Å²) in [6, 6.07) is 0.279. The second kappa shape index (κ2) is 9.32. The molecule has 0 amide bonds. The maximum atomic E-state index is 11.6. The van der Waals surface area contributed by atoms with E-state index >= 15 is 0 Å². The van der Waals surface area contributed by atoms with Gasteiger partial charge in [0.1, 0.15) is 0 Å². The third-order valence-electron chi connectivity index (χ3n) is 3.79. The molecular weight excluding hydrogens is 240 g/mol. The summed E-state index contributed by atoms with van der Waals surface area (Å²) in [6.07, 6.45) is 4.22. The zero-order chi connectivity index (χ0) is 14.1. The largest absolute Gasteiger partial charge is 0.466 e. The molecule has 112 valence electrons. The molecule has 4 nitrogen and oxygen atoms in total. The third kappa shape index (κ3) is 6.39. The van der Waals surface area contributed by atoms with Crippen molar-refractivity contribution in [2.75, 3.05) is 32.8 Å². The molecule has 1 fully saturated rings. The van der Waals surface area contributed by atoms with E-state index in [1.807, 2.05) is 6.92 Å². The van der Waals surface area contributed by atoms with E-state index in [0.717, 1.165) is 38.5 Å². The number of nitrogens with one attached hydrogen (secondary N) is 1. The summed E-state index contributed by atoms with van der Waals surface area (Å²) < 4.78 is 5.05. The van der Waals surface area contributed by atoms with Gasteiger partial charge in [-0.25, -0.2) is 0 Å². The monoisotopic (exact) mass is 270 g/mol. The van der Waals surface area contributed by atoms with Crippen LogP contribution in [-0.4, -0.2) is 49.7 Å². The number of esters is 1. The zero-order valence-electron chi connectivity index (χ0n) is 12.8. The number of carbonyl (C=O) groups excluding carboxylic acids is 1. The van der Waals surface area contributed by atoms with Crippen LogP contribution in [0, 0.1) is 5.92 Å². The summed E-state index contributed by atoms with van der Waals surface area (Å²) in [7, 11) is 0. The Morgan fingerprint density at radius 2 is 2.26 bits per heavy atom. The first kappa shape index (κ1) is 16.4.